The van der Waals surface area contributed by atoms with Gasteiger partial charge in [-0.05, 0) is 23.1 Å². The van der Waals surface area contributed by atoms with E-state index in [9.17, 15) is 19.5 Å². The van der Waals surface area contributed by atoms with Crippen molar-refractivity contribution in [3.05, 3.63) is 45.8 Å². The third-order valence-corrected chi connectivity index (χ3v) is 5.97. The van der Waals surface area contributed by atoms with Crippen molar-refractivity contribution >= 4 is 40.9 Å². The number of carbonyl (C=O) groups excluding carboxylic acids is 2. The molecule has 1 fully saturated rings. The molecule has 0 unspecified atom stereocenters. The molecule has 7 nitrogen and oxygen atoms in total. The fraction of sp³-hybridized carbons (Fsp3) is 0.250. The van der Waals surface area contributed by atoms with Crippen LogP contribution in [0.5, 0.6) is 0 Å². The number of aliphatic carboxylic acids is 1. The zero-order chi connectivity index (χ0) is 18.0. The van der Waals surface area contributed by atoms with Crippen molar-refractivity contribution in [3.8, 4) is 6.07 Å². The normalized spacial score (nSPS) is 22.4. The molecule has 1 saturated heterocycles. The van der Waals surface area contributed by atoms with Gasteiger partial charge in [0.1, 0.15) is 17.1 Å². The molecule has 0 aromatic carbocycles. The molecule has 128 valence electrons. The maximum atomic E-state index is 12.4. The average molecular weight is 375 g/mol. The highest BCUT2D eigenvalue weighted by Crippen LogP contribution is 2.40. The lowest BCUT2D eigenvalue weighted by atomic mass is 10.0. The summed E-state index contributed by atoms with van der Waals surface area (Å²) in [6.07, 6.45) is 2.78. The van der Waals surface area contributed by atoms with Crippen LogP contribution in [0.1, 0.15) is 4.88 Å². The van der Waals surface area contributed by atoms with E-state index in [0.29, 0.717) is 11.3 Å². The molecule has 9 heteroatoms. The molecule has 1 aromatic rings. The number of hydrogen-bond donors (Lipinski definition) is 2. The van der Waals surface area contributed by atoms with Crippen LogP contribution in [0, 0.1) is 11.3 Å². The van der Waals surface area contributed by atoms with Crippen LogP contribution in [0.4, 0.5) is 0 Å². The first-order valence-corrected chi connectivity index (χ1v) is 9.24. The van der Waals surface area contributed by atoms with Gasteiger partial charge in [-0.2, -0.15) is 5.26 Å². The minimum absolute atomic E-state index is 0.121. The minimum Gasteiger partial charge on any atom is -0.477 e. The van der Waals surface area contributed by atoms with Crippen molar-refractivity contribution in [1.29, 1.82) is 5.26 Å². The Labute approximate surface area is 151 Å². The summed E-state index contributed by atoms with van der Waals surface area (Å²) >= 11 is 2.82. The van der Waals surface area contributed by atoms with Gasteiger partial charge in [-0.15, -0.1) is 23.1 Å². The summed E-state index contributed by atoms with van der Waals surface area (Å²) in [5.41, 5.74) is 0.288. The number of nitrogens with zero attached hydrogens (tertiary/aromatic N) is 2. The van der Waals surface area contributed by atoms with Crippen LogP contribution in [0.15, 0.2) is 40.9 Å². The highest BCUT2D eigenvalue weighted by atomic mass is 32.2. The fourth-order valence-electron chi connectivity index (χ4n) is 2.70. The lowest BCUT2D eigenvalue weighted by molar-refractivity contribution is -0.150. The quantitative estimate of drug-likeness (QED) is 0.589. The molecule has 0 radical (unpaired) electrons. The van der Waals surface area contributed by atoms with Crippen molar-refractivity contribution in [3.63, 3.8) is 0 Å². The molecule has 3 rings (SSSR count). The molecule has 2 aliphatic rings. The lowest BCUT2D eigenvalue weighted by Gasteiger charge is -2.49. The summed E-state index contributed by atoms with van der Waals surface area (Å²) < 4.78 is 0. The van der Waals surface area contributed by atoms with Gasteiger partial charge >= 0.3 is 5.97 Å². The molecule has 0 spiro atoms. The maximum absolute atomic E-state index is 12.4. The molecule has 25 heavy (non-hydrogen) atoms. The van der Waals surface area contributed by atoms with Crippen LogP contribution in [0.2, 0.25) is 0 Å². The summed E-state index contributed by atoms with van der Waals surface area (Å²) in [7, 11) is 0. The highest BCUT2D eigenvalue weighted by molar-refractivity contribution is 8.00. The van der Waals surface area contributed by atoms with Crippen molar-refractivity contribution in [1.82, 2.24) is 10.2 Å². The van der Waals surface area contributed by atoms with Crippen molar-refractivity contribution in [2.45, 2.75) is 17.8 Å². The van der Waals surface area contributed by atoms with Crippen molar-refractivity contribution in [2.24, 2.45) is 0 Å². The third kappa shape index (κ3) is 3.31. The van der Waals surface area contributed by atoms with E-state index in [1.807, 2.05) is 23.6 Å². The Balaban J connectivity index is 1.73. The number of carbonyl (C=O) groups is 3. The Morgan fingerprint density at radius 3 is 2.96 bits per heavy atom. The van der Waals surface area contributed by atoms with E-state index in [-0.39, 0.29) is 18.0 Å². The second-order valence-electron chi connectivity index (χ2n) is 5.35. The van der Waals surface area contributed by atoms with Gasteiger partial charge in [-0.1, -0.05) is 6.07 Å². The first-order chi connectivity index (χ1) is 12.0. The first-order valence-electron chi connectivity index (χ1n) is 7.32. The fourth-order valence-corrected chi connectivity index (χ4v) is 4.73. The smallest absolute Gasteiger partial charge is 0.352 e. The van der Waals surface area contributed by atoms with Crippen LogP contribution in [-0.4, -0.2) is 45.0 Å². The molecule has 0 aliphatic carbocycles. The second kappa shape index (κ2) is 7.13. The van der Waals surface area contributed by atoms with E-state index in [2.05, 4.69) is 5.32 Å². The van der Waals surface area contributed by atoms with E-state index < -0.39 is 23.3 Å². The van der Waals surface area contributed by atoms with Gasteiger partial charge in [-0.3, -0.25) is 14.5 Å². The monoisotopic (exact) mass is 375 g/mol. The van der Waals surface area contributed by atoms with E-state index in [1.165, 1.54) is 40.2 Å². The number of β-lactam (4-membered cyclic amide) rings is 1. The SMILES string of the molecule is N#C/C=C/C1=C(C(=O)O)N2C(=O)[C@@H](NC(=O)Cc3cccs3)[C@H]2SC1. The Kier molecular flexibility index (Phi) is 4.92. The minimum atomic E-state index is -1.22. The van der Waals surface area contributed by atoms with Gasteiger partial charge in [-0.25, -0.2) is 4.79 Å². The van der Waals surface area contributed by atoms with Gasteiger partial charge < -0.3 is 10.4 Å². The standard InChI is InChI=1S/C16H13N3O4S2/c17-5-1-3-9-8-25-15-12(14(21)19(15)13(9)16(22)23)18-11(20)7-10-4-2-6-24-10/h1-4,6,12,15H,7-8H2,(H,18,20)(H,22,23)/b3-1+/t12-,15-/m1/s1. The number of thiophene rings is 1. The van der Waals surface area contributed by atoms with Gasteiger partial charge in [0.05, 0.1) is 12.5 Å². The number of hydrogen-bond acceptors (Lipinski definition) is 6. The van der Waals surface area contributed by atoms with Crippen LogP contribution in [-0.2, 0) is 20.8 Å². The number of thioether (sulfide) groups is 1. The number of fused-ring (bicyclic) bond motifs is 1. The number of carboxylic acids is 1. The van der Waals surface area contributed by atoms with E-state index in [4.69, 9.17) is 5.26 Å². The second-order valence-corrected chi connectivity index (χ2v) is 7.49. The van der Waals surface area contributed by atoms with Crippen LogP contribution in [0.25, 0.3) is 0 Å². The van der Waals surface area contributed by atoms with E-state index >= 15 is 0 Å². The maximum Gasteiger partial charge on any atom is 0.352 e. The number of nitriles is 1. The number of amides is 2. The zero-order valence-electron chi connectivity index (χ0n) is 12.8. The number of allylic oxidation sites excluding steroid dienone is 2. The van der Waals surface area contributed by atoms with Crippen molar-refractivity contribution in [2.75, 3.05) is 5.75 Å². The Morgan fingerprint density at radius 2 is 2.32 bits per heavy atom. The molecule has 2 aliphatic heterocycles. The Morgan fingerprint density at radius 1 is 1.52 bits per heavy atom. The number of carboxylic acid groups (broad SMARTS) is 1. The molecule has 2 N–H and O–H groups in total. The van der Waals surface area contributed by atoms with Gasteiger partial charge in [0.15, 0.2) is 0 Å². The van der Waals surface area contributed by atoms with Crippen LogP contribution >= 0.6 is 23.1 Å². The molecule has 1 aromatic heterocycles. The summed E-state index contributed by atoms with van der Waals surface area (Å²) in [5, 5.41) is 22.2. The Bertz CT molecular complexity index is 823. The van der Waals surface area contributed by atoms with Gasteiger partial charge in [0, 0.05) is 16.7 Å². The van der Waals surface area contributed by atoms with Gasteiger partial charge in [0.2, 0.25) is 5.91 Å². The predicted octanol–water partition coefficient (Wildman–Crippen LogP) is 1.11. The molecule has 0 bridgehead atoms. The molecule has 2 atom stereocenters. The first kappa shape index (κ1) is 17.3. The van der Waals surface area contributed by atoms with Gasteiger partial charge in [0.25, 0.3) is 5.91 Å². The van der Waals surface area contributed by atoms with Crippen molar-refractivity contribution < 1.29 is 19.5 Å². The van der Waals surface area contributed by atoms with E-state index in [0.717, 1.165) is 4.88 Å². The zero-order valence-corrected chi connectivity index (χ0v) is 14.5. The summed E-state index contributed by atoms with van der Waals surface area (Å²) in [4.78, 5) is 38.1. The predicted molar refractivity (Wildman–Crippen MR) is 92.5 cm³/mol. The topological polar surface area (TPSA) is 110 Å². The largest absolute Gasteiger partial charge is 0.477 e. The molecular formula is C16H13N3O4S2. The average Bonchev–Trinajstić information content (AvgIpc) is 3.09. The highest BCUT2D eigenvalue weighted by Gasteiger charge is 2.53. The lowest BCUT2D eigenvalue weighted by Crippen LogP contribution is -2.70. The summed E-state index contributed by atoms with van der Waals surface area (Å²) in [6, 6.07) is 4.77. The van der Waals surface area contributed by atoms with E-state index in [1.54, 1.807) is 0 Å². The van der Waals surface area contributed by atoms with Crippen LogP contribution < -0.4 is 5.32 Å². The third-order valence-electron chi connectivity index (χ3n) is 3.79. The molecule has 2 amide bonds. The summed E-state index contributed by atoms with van der Waals surface area (Å²) in [5.74, 6) is -1.58. The number of rotatable bonds is 5. The van der Waals surface area contributed by atoms with Crippen LogP contribution in [0.3, 0.4) is 0 Å². The molecule has 3 heterocycles. The Hall–Kier alpha value is -2.57. The number of nitrogens with one attached hydrogen (secondary N) is 1. The molecule has 0 saturated carbocycles. The summed E-state index contributed by atoms with van der Waals surface area (Å²) in [6.45, 7) is 0. The molecular weight excluding hydrogens is 362 g/mol.